The molecular weight excluding hydrogens is 333 g/mol. The minimum absolute atomic E-state index is 0.0197. The Balaban J connectivity index is 2.19. The van der Waals surface area contributed by atoms with Crippen LogP contribution in [0.2, 0.25) is 0 Å². The van der Waals surface area contributed by atoms with Gasteiger partial charge >= 0.3 is 7.75 Å². The lowest BCUT2D eigenvalue weighted by Gasteiger charge is -2.22. The van der Waals surface area contributed by atoms with Gasteiger partial charge in [0.05, 0.1) is 17.6 Å². The van der Waals surface area contributed by atoms with Crippen molar-refractivity contribution in [2.75, 3.05) is 0 Å². The molecule has 0 saturated heterocycles. The standard InChI is InChI=1S/C16H20NO6P/c1-10(11-2-4-12(18)5-3-11)8-16(20)14-7-6-13(19)9-15(14)17-24(21,22)23/h2-7,10,16,18-20H,8-9H2,1H3,(H2,21,22,23). The molecule has 0 fully saturated rings. The van der Waals surface area contributed by atoms with Crippen molar-refractivity contribution in [3.05, 3.63) is 53.3 Å². The van der Waals surface area contributed by atoms with E-state index in [1.54, 1.807) is 24.3 Å². The van der Waals surface area contributed by atoms with Crippen LogP contribution in [0.15, 0.2) is 52.5 Å². The highest BCUT2D eigenvalue weighted by Gasteiger charge is 2.25. The van der Waals surface area contributed by atoms with E-state index >= 15 is 0 Å². The molecule has 130 valence electrons. The van der Waals surface area contributed by atoms with Crippen molar-refractivity contribution in [1.29, 1.82) is 0 Å². The average molecular weight is 353 g/mol. The number of phenols is 1. The van der Waals surface area contributed by atoms with E-state index in [4.69, 9.17) is 9.79 Å². The molecule has 5 N–H and O–H groups in total. The van der Waals surface area contributed by atoms with Gasteiger partial charge < -0.3 is 25.1 Å². The van der Waals surface area contributed by atoms with Gasteiger partial charge in [-0.3, -0.25) is 0 Å². The average Bonchev–Trinajstić information content (AvgIpc) is 2.46. The summed E-state index contributed by atoms with van der Waals surface area (Å²) in [6.45, 7) is 1.89. The van der Waals surface area contributed by atoms with E-state index in [9.17, 15) is 19.9 Å². The second-order valence-corrected chi connectivity index (χ2v) is 6.99. The summed E-state index contributed by atoms with van der Waals surface area (Å²) in [4.78, 5) is 18.1. The molecule has 0 heterocycles. The van der Waals surface area contributed by atoms with Gasteiger partial charge in [-0.15, -0.1) is 0 Å². The van der Waals surface area contributed by atoms with E-state index in [1.807, 2.05) is 6.92 Å². The van der Waals surface area contributed by atoms with Gasteiger partial charge in [0.2, 0.25) is 0 Å². The zero-order chi connectivity index (χ0) is 17.9. The van der Waals surface area contributed by atoms with Crippen molar-refractivity contribution in [3.8, 4) is 5.75 Å². The third-order valence-corrected chi connectivity index (χ3v) is 4.29. The van der Waals surface area contributed by atoms with Gasteiger partial charge in [-0.1, -0.05) is 25.1 Å². The number of rotatable bonds is 5. The smallest absolute Gasteiger partial charge is 0.448 e. The zero-order valence-corrected chi connectivity index (χ0v) is 14.0. The Labute approximate surface area is 139 Å². The maximum atomic E-state index is 11.1. The van der Waals surface area contributed by atoms with Crippen LogP contribution in [-0.2, 0) is 4.57 Å². The number of nitrogens with zero attached hydrogens (tertiary/aromatic N) is 1. The van der Waals surface area contributed by atoms with E-state index in [0.29, 0.717) is 6.42 Å². The molecule has 1 aromatic carbocycles. The first-order chi connectivity index (χ1) is 11.2. The van der Waals surface area contributed by atoms with E-state index < -0.39 is 13.9 Å². The molecule has 2 rings (SSSR count). The molecule has 2 unspecified atom stereocenters. The SMILES string of the molecule is CC(CC(O)C1=CC=C(O)CC1=NP(=O)(O)O)c1ccc(O)cc1. The first-order valence-corrected chi connectivity index (χ1v) is 8.94. The van der Waals surface area contributed by atoms with Crippen LogP contribution >= 0.6 is 7.75 Å². The highest BCUT2D eigenvalue weighted by Crippen LogP contribution is 2.39. The first-order valence-electron chi connectivity index (χ1n) is 7.37. The summed E-state index contributed by atoms with van der Waals surface area (Å²) in [5.74, 6) is 0.0141. The maximum Gasteiger partial charge on any atom is 0.448 e. The van der Waals surface area contributed by atoms with Gasteiger partial charge in [0.1, 0.15) is 5.75 Å². The quantitative estimate of drug-likeness (QED) is 0.517. The Morgan fingerprint density at radius 1 is 1.17 bits per heavy atom. The van der Waals surface area contributed by atoms with Crippen LogP contribution in [0, 0.1) is 0 Å². The summed E-state index contributed by atoms with van der Waals surface area (Å²) in [6, 6.07) is 6.61. The van der Waals surface area contributed by atoms with Gasteiger partial charge in [0.25, 0.3) is 0 Å². The molecule has 1 aliphatic carbocycles. The summed E-state index contributed by atoms with van der Waals surface area (Å²) < 4.78 is 14.5. The molecule has 0 saturated carbocycles. The second-order valence-electron chi connectivity index (χ2n) is 5.76. The molecule has 0 bridgehead atoms. The molecule has 8 heteroatoms. The lowest BCUT2D eigenvalue weighted by molar-refractivity contribution is 0.197. The molecule has 1 aliphatic rings. The maximum absolute atomic E-state index is 11.1. The Morgan fingerprint density at radius 3 is 2.38 bits per heavy atom. The molecule has 0 spiro atoms. The Kier molecular flexibility index (Phi) is 5.62. The summed E-state index contributed by atoms with van der Waals surface area (Å²) in [7, 11) is -4.67. The minimum atomic E-state index is -4.67. The fraction of sp³-hybridized carbons (Fsp3) is 0.312. The molecule has 0 aromatic heterocycles. The minimum Gasteiger partial charge on any atom is -0.512 e. The lowest BCUT2D eigenvalue weighted by Crippen LogP contribution is -2.22. The van der Waals surface area contributed by atoms with Gasteiger partial charge in [-0.05, 0) is 36.1 Å². The molecule has 0 radical (unpaired) electrons. The summed E-state index contributed by atoms with van der Waals surface area (Å²) >= 11 is 0. The molecule has 24 heavy (non-hydrogen) atoms. The molecule has 1 aromatic rings. The highest BCUT2D eigenvalue weighted by molar-refractivity contribution is 7.50. The number of aliphatic hydroxyl groups excluding tert-OH is 2. The lowest BCUT2D eigenvalue weighted by atomic mass is 9.88. The third kappa shape index (κ3) is 5.04. The molecule has 0 amide bonds. The fourth-order valence-corrected chi connectivity index (χ4v) is 3.07. The summed E-state index contributed by atoms with van der Waals surface area (Å²) in [5, 5.41) is 29.3. The van der Waals surface area contributed by atoms with Crippen LogP contribution < -0.4 is 0 Å². The van der Waals surface area contributed by atoms with E-state index in [2.05, 4.69) is 4.76 Å². The number of allylic oxidation sites excluding steroid dienone is 3. The number of aliphatic hydroxyl groups is 2. The van der Waals surface area contributed by atoms with Crippen molar-refractivity contribution in [1.82, 2.24) is 0 Å². The number of hydrogen-bond donors (Lipinski definition) is 5. The predicted molar refractivity (Wildman–Crippen MR) is 90.0 cm³/mol. The van der Waals surface area contributed by atoms with Crippen LogP contribution in [-0.4, -0.2) is 36.9 Å². The van der Waals surface area contributed by atoms with Crippen molar-refractivity contribution < 1.29 is 29.7 Å². The number of aromatic hydroxyl groups is 1. The van der Waals surface area contributed by atoms with Crippen LogP contribution in [0.1, 0.15) is 31.2 Å². The highest BCUT2D eigenvalue weighted by atomic mass is 31.2. The van der Waals surface area contributed by atoms with Crippen molar-refractivity contribution in [2.24, 2.45) is 4.76 Å². The molecule has 7 nitrogen and oxygen atoms in total. The van der Waals surface area contributed by atoms with Crippen molar-refractivity contribution >= 4 is 13.5 Å². The van der Waals surface area contributed by atoms with E-state index in [1.165, 1.54) is 12.2 Å². The third-order valence-electron chi connectivity index (χ3n) is 3.79. The predicted octanol–water partition coefficient (Wildman–Crippen LogP) is 2.55. The van der Waals surface area contributed by atoms with Gasteiger partial charge in [0.15, 0.2) is 0 Å². The number of phenolic OH excluding ortho intramolecular Hbond substituents is 1. The van der Waals surface area contributed by atoms with Crippen LogP contribution in [0.4, 0.5) is 0 Å². The largest absolute Gasteiger partial charge is 0.512 e. The van der Waals surface area contributed by atoms with Crippen molar-refractivity contribution in [3.63, 3.8) is 0 Å². The summed E-state index contributed by atoms with van der Waals surface area (Å²) in [6.07, 6.45) is 1.96. The number of benzene rings is 1. The van der Waals surface area contributed by atoms with Crippen LogP contribution in [0.3, 0.4) is 0 Å². The first kappa shape index (κ1) is 18.4. The Hall–Kier alpha value is -1.92. The monoisotopic (exact) mass is 353 g/mol. The number of hydrogen-bond acceptors (Lipinski definition) is 4. The van der Waals surface area contributed by atoms with Gasteiger partial charge in [-0.2, -0.15) is 4.76 Å². The fourth-order valence-electron chi connectivity index (χ4n) is 2.57. The summed E-state index contributed by atoms with van der Waals surface area (Å²) in [5.41, 5.74) is 1.17. The van der Waals surface area contributed by atoms with Gasteiger partial charge in [-0.25, -0.2) is 4.57 Å². The van der Waals surface area contributed by atoms with Crippen molar-refractivity contribution in [2.45, 2.75) is 31.8 Å². The Morgan fingerprint density at radius 2 is 1.79 bits per heavy atom. The zero-order valence-electron chi connectivity index (χ0n) is 13.1. The van der Waals surface area contributed by atoms with E-state index in [0.717, 1.165) is 5.56 Å². The molecule has 0 aliphatic heterocycles. The normalized spacial score (nSPS) is 19.6. The van der Waals surface area contributed by atoms with E-state index in [-0.39, 0.29) is 35.1 Å². The second kappa shape index (κ2) is 7.32. The topological polar surface area (TPSA) is 131 Å². The van der Waals surface area contributed by atoms with Gasteiger partial charge in [0, 0.05) is 12.0 Å². The molecular formula is C16H20NO6P. The van der Waals surface area contributed by atoms with Crippen LogP contribution in [0.25, 0.3) is 0 Å². The Bertz CT molecular complexity index is 731. The van der Waals surface area contributed by atoms with Crippen LogP contribution in [0.5, 0.6) is 5.75 Å². The molecule has 2 atom stereocenters.